The van der Waals surface area contributed by atoms with Crippen LogP contribution >= 0.6 is 0 Å². The van der Waals surface area contributed by atoms with Crippen LogP contribution in [0.15, 0.2) is 30.3 Å². The fourth-order valence-corrected chi connectivity index (χ4v) is 3.12. The lowest BCUT2D eigenvalue weighted by Crippen LogP contribution is -2.45. The highest BCUT2D eigenvalue weighted by molar-refractivity contribution is 5.79. The highest BCUT2D eigenvalue weighted by Crippen LogP contribution is 2.18. The van der Waals surface area contributed by atoms with Gasteiger partial charge in [0.05, 0.1) is 5.52 Å². The summed E-state index contributed by atoms with van der Waals surface area (Å²) in [6.45, 7) is 6.50. The first-order chi connectivity index (χ1) is 10.1. The maximum atomic E-state index is 4.56. The molecule has 3 heteroatoms. The Bertz CT molecular complexity index is 623. The second-order valence-corrected chi connectivity index (χ2v) is 6.41. The molecule has 112 valence electrons. The van der Waals surface area contributed by atoms with Crippen molar-refractivity contribution in [3.63, 3.8) is 0 Å². The molecule has 1 aliphatic heterocycles. The van der Waals surface area contributed by atoms with Crippen LogP contribution in [-0.2, 0) is 6.54 Å². The van der Waals surface area contributed by atoms with Gasteiger partial charge in [0.1, 0.15) is 0 Å². The highest BCUT2D eigenvalue weighted by Gasteiger charge is 2.21. The number of piperidine rings is 1. The Kier molecular flexibility index (Phi) is 4.22. The number of hydrogen-bond acceptors (Lipinski definition) is 3. The van der Waals surface area contributed by atoms with Crippen LogP contribution < -0.4 is 5.32 Å². The molecular weight excluding hydrogens is 258 g/mol. The summed E-state index contributed by atoms with van der Waals surface area (Å²) in [4.78, 5) is 7.01. The zero-order valence-corrected chi connectivity index (χ0v) is 13.3. The third kappa shape index (κ3) is 3.42. The molecule has 2 aromatic rings. The molecule has 1 fully saturated rings. The number of pyridine rings is 1. The van der Waals surface area contributed by atoms with Gasteiger partial charge in [-0.3, -0.25) is 4.98 Å². The lowest BCUT2D eigenvalue weighted by Gasteiger charge is -2.35. The first-order valence-corrected chi connectivity index (χ1v) is 7.92. The van der Waals surface area contributed by atoms with Crippen molar-refractivity contribution < 1.29 is 0 Å². The van der Waals surface area contributed by atoms with Gasteiger partial charge in [0, 0.05) is 29.7 Å². The van der Waals surface area contributed by atoms with E-state index in [0.29, 0.717) is 12.1 Å². The van der Waals surface area contributed by atoms with Gasteiger partial charge in [0.25, 0.3) is 0 Å². The molecule has 0 bridgehead atoms. The lowest BCUT2D eigenvalue weighted by molar-refractivity contribution is 0.168. The van der Waals surface area contributed by atoms with Crippen LogP contribution in [-0.4, -0.2) is 35.6 Å². The first kappa shape index (κ1) is 14.5. The van der Waals surface area contributed by atoms with E-state index in [2.05, 4.69) is 59.5 Å². The molecular formula is C18H25N3. The predicted octanol–water partition coefficient (Wildman–Crippen LogP) is 3.12. The van der Waals surface area contributed by atoms with Crippen molar-refractivity contribution in [1.29, 1.82) is 0 Å². The first-order valence-electron chi connectivity index (χ1n) is 7.92. The van der Waals surface area contributed by atoms with Crippen molar-refractivity contribution >= 4 is 10.9 Å². The van der Waals surface area contributed by atoms with Crippen LogP contribution in [0.4, 0.5) is 0 Å². The van der Waals surface area contributed by atoms with Gasteiger partial charge < -0.3 is 10.2 Å². The van der Waals surface area contributed by atoms with E-state index in [1.807, 2.05) is 6.92 Å². The summed E-state index contributed by atoms with van der Waals surface area (Å²) in [6, 6.07) is 12.2. The molecule has 2 unspecified atom stereocenters. The number of benzene rings is 1. The molecule has 2 heterocycles. The SMILES string of the molecule is Cc1ccc2cc(CNC3CCN(C)C(C)C3)ccc2n1. The Hall–Kier alpha value is -1.45. The molecule has 3 nitrogen and oxygen atoms in total. The van der Waals surface area contributed by atoms with E-state index in [4.69, 9.17) is 0 Å². The smallest absolute Gasteiger partial charge is 0.0705 e. The van der Waals surface area contributed by atoms with E-state index in [0.717, 1.165) is 17.8 Å². The van der Waals surface area contributed by atoms with Crippen LogP contribution in [0.3, 0.4) is 0 Å². The van der Waals surface area contributed by atoms with Crippen molar-refractivity contribution in [2.75, 3.05) is 13.6 Å². The Morgan fingerprint density at radius 2 is 2.14 bits per heavy atom. The monoisotopic (exact) mass is 283 g/mol. The number of fused-ring (bicyclic) bond motifs is 1. The van der Waals surface area contributed by atoms with Crippen LogP contribution in [0.1, 0.15) is 31.0 Å². The van der Waals surface area contributed by atoms with E-state index in [-0.39, 0.29) is 0 Å². The van der Waals surface area contributed by atoms with Gasteiger partial charge in [-0.25, -0.2) is 0 Å². The maximum absolute atomic E-state index is 4.56. The number of rotatable bonds is 3. The summed E-state index contributed by atoms with van der Waals surface area (Å²) in [6.07, 6.45) is 2.49. The maximum Gasteiger partial charge on any atom is 0.0705 e. The highest BCUT2D eigenvalue weighted by atomic mass is 15.1. The zero-order valence-electron chi connectivity index (χ0n) is 13.3. The topological polar surface area (TPSA) is 28.2 Å². The fourth-order valence-electron chi connectivity index (χ4n) is 3.12. The molecule has 21 heavy (non-hydrogen) atoms. The fraction of sp³-hybridized carbons (Fsp3) is 0.500. The van der Waals surface area contributed by atoms with Crippen LogP contribution in [0.25, 0.3) is 10.9 Å². The number of likely N-dealkylation sites (tertiary alicyclic amines) is 1. The summed E-state index contributed by atoms with van der Waals surface area (Å²) < 4.78 is 0. The molecule has 1 aromatic carbocycles. The lowest BCUT2D eigenvalue weighted by atomic mass is 9.98. The number of hydrogen-bond donors (Lipinski definition) is 1. The van der Waals surface area contributed by atoms with Gasteiger partial charge in [-0.15, -0.1) is 0 Å². The van der Waals surface area contributed by atoms with Crippen molar-refractivity contribution in [2.45, 2.75) is 45.3 Å². The Morgan fingerprint density at radius 3 is 2.95 bits per heavy atom. The Morgan fingerprint density at radius 1 is 1.29 bits per heavy atom. The van der Waals surface area contributed by atoms with Crippen LogP contribution in [0.5, 0.6) is 0 Å². The predicted molar refractivity (Wildman–Crippen MR) is 88.4 cm³/mol. The Labute approximate surface area is 127 Å². The number of aromatic nitrogens is 1. The van der Waals surface area contributed by atoms with Crippen molar-refractivity contribution in [1.82, 2.24) is 15.2 Å². The molecule has 1 N–H and O–H groups in total. The normalized spacial score (nSPS) is 23.6. The third-order valence-electron chi connectivity index (χ3n) is 4.70. The average molecular weight is 283 g/mol. The molecule has 1 aliphatic rings. The quantitative estimate of drug-likeness (QED) is 0.938. The Balaban J connectivity index is 1.64. The second kappa shape index (κ2) is 6.12. The summed E-state index contributed by atoms with van der Waals surface area (Å²) in [5, 5.41) is 4.95. The number of aryl methyl sites for hydroxylation is 1. The average Bonchev–Trinajstić information content (AvgIpc) is 2.48. The minimum absolute atomic E-state index is 0.642. The van der Waals surface area contributed by atoms with Crippen LogP contribution in [0.2, 0.25) is 0 Å². The molecule has 1 aromatic heterocycles. The molecule has 0 aliphatic carbocycles. The van der Waals surface area contributed by atoms with E-state index < -0.39 is 0 Å². The van der Waals surface area contributed by atoms with Crippen LogP contribution in [0, 0.1) is 6.92 Å². The molecule has 3 rings (SSSR count). The third-order valence-corrected chi connectivity index (χ3v) is 4.70. The van der Waals surface area contributed by atoms with Gasteiger partial charge in [-0.2, -0.15) is 0 Å². The van der Waals surface area contributed by atoms with Crippen molar-refractivity contribution in [2.24, 2.45) is 0 Å². The molecule has 0 spiro atoms. The van der Waals surface area contributed by atoms with E-state index in [9.17, 15) is 0 Å². The largest absolute Gasteiger partial charge is 0.310 e. The standard InChI is InChI=1S/C18H25N3/c1-13-4-6-16-11-15(5-7-18(16)20-13)12-19-17-8-9-21(3)14(2)10-17/h4-7,11,14,17,19H,8-10,12H2,1-3H3. The molecule has 0 amide bonds. The summed E-state index contributed by atoms with van der Waals surface area (Å²) >= 11 is 0. The van der Waals surface area contributed by atoms with E-state index in [1.54, 1.807) is 0 Å². The number of nitrogens with one attached hydrogen (secondary N) is 1. The molecule has 1 saturated heterocycles. The van der Waals surface area contributed by atoms with Crippen molar-refractivity contribution in [3.05, 3.63) is 41.6 Å². The molecule has 0 radical (unpaired) electrons. The summed E-state index contributed by atoms with van der Waals surface area (Å²) in [5.74, 6) is 0. The molecule has 0 saturated carbocycles. The zero-order chi connectivity index (χ0) is 14.8. The second-order valence-electron chi connectivity index (χ2n) is 6.41. The van der Waals surface area contributed by atoms with Gasteiger partial charge >= 0.3 is 0 Å². The van der Waals surface area contributed by atoms with Crippen molar-refractivity contribution in [3.8, 4) is 0 Å². The molecule has 2 atom stereocenters. The minimum atomic E-state index is 0.642. The van der Waals surface area contributed by atoms with E-state index in [1.165, 1.54) is 30.3 Å². The van der Waals surface area contributed by atoms with Gasteiger partial charge in [0.15, 0.2) is 0 Å². The van der Waals surface area contributed by atoms with E-state index >= 15 is 0 Å². The number of nitrogens with zero attached hydrogens (tertiary/aromatic N) is 2. The van der Waals surface area contributed by atoms with Gasteiger partial charge in [0.2, 0.25) is 0 Å². The van der Waals surface area contributed by atoms with Gasteiger partial charge in [-0.05, 0) is 64.0 Å². The van der Waals surface area contributed by atoms with Gasteiger partial charge in [-0.1, -0.05) is 12.1 Å². The summed E-state index contributed by atoms with van der Waals surface area (Å²) in [7, 11) is 2.22. The summed E-state index contributed by atoms with van der Waals surface area (Å²) in [5.41, 5.74) is 3.51. The minimum Gasteiger partial charge on any atom is -0.310 e.